The molecule has 0 bridgehead atoms. The molecule has 24 heavy (non-hydrogen) atoms. The summed E-state index contributed by atoms with van der Waals surface area (Å²) < 4.78 is 26.4. The predicted octanol–water partition coefficient (Wildman–Crippen LogP) is 3.09. The van der Waals surface area contributed by atoms with Gasteiger partial charge >= 0.3 is 20.0 Å². The molecule has 0 radical (unpaired) electrons. The first-order valence-corrected chi connectivity index (χ1v) is 9.22. The molecule has 1 N–H and O–H groups in total. The van der Waals surface area contributed by atoms with Crippen LogP contribution in [-0.4, -0.2) is 42.0 Å². The largest absolute Gasteiger partial charge is 0.540 e. The highest BCUT2D eigenvalue weighted by Gasteiger charge is 2.43. The highest BCUT2D eigenvalue weighted by Crippen LogP contribution is 2.38. The molecule has 0 aliphatic rings. The third-order valence-corrected chi connectivity index (χ3v) is 4.68. The van der Waals surface area contributed by atoms with Gasteiger partial charge in [-0.25, -0.2) is 4.79 Å². The van der Waals surface area contributed by atoms with Crippen molar-refractivity contribution in [1.82, 2.24) is 0 Å². The molecule has 2 atom stereocenters. The highest BCUT2D eigenvalue weighted by atomic mass is 31.1. The summed E-state index contributed by atoms with van der Waals surface area (Å²) in [5.74, 6) is -0.853. The SMILES string of the molecule is C=C(C)C(=O)OCCOC(=O)CCCCCOC(C)(CC)[P+](=O)O. The van der Waals surface area contributed by atoms with Gasteiger partial charge in [0.15, 0.2) is 0 Å². The highest BCUT2D eigenvalue weighted by molar-refractivity contribution is 7.39. The Morgan fingerprint density at radius 3 is 2.29 bits per heavy atom. The molecule has 0 spiro atoms. The van der Waals surface area contributed by atoms with Crippen LogP contribution in [0.4, 0.5) is 0 Å². The maximum Gasteiger partial charge on any atom is 0.540 e. The monoisotopic (exact) mass is 363 g/mol. The van der Waals surface area contributed by atoms with Crippen LogP contribution in [0.1, 0.15) is 52.9 Å². The number of hydrogen-bond acceptors (Lipinski definition) is 6. The van der Waals surface area contributed by atoms with E-state index in [0.29, 0.717) is 31.4 Å². The van der Waals surface area contributed by atoms with E-state index in [4.69, 9.17) is 14.2 Å². The first-order valence-electron chi connectivity index (χ1n) is 8.01. The van der Waals surface area contributed by atoms with E-state index in [1.807, 2.05) is 0 Å². The molecule has 138 valence electrons. The Kier molecular flexibility index (Phi) is 11.5. The molecule has 0 aromatic carbocycles. The molecular formula is C16H28O7P+. The number of ether oxygens (including phenoxy) is 3. The lowest BCUT2D eigenvalue weighted by Crippen LogP contribution is -2.23. The number of carbonyl (C=O) groups excluding carboxylic acids is 2. The van der Waals surface area contributed by atoms with Crippen LogP contribution in [-0.2, 0) is 28.4 Å². The van der Waals surface area contributed by atoms with Crippen molar-refractivity contribution in [2.24, 2.45) is 0 Å². The third-order valence-electron chi connectivity index (χ3n) is 3.43. The second-order valence-electron chi connectivity index (χ2n) is 5.60. The fourth-order valence-electron chi connectivity index (χ4n) is 1.62. The van der Waals surface area contributed by atoms with Crippen molar-refractivity contribution in [2.75, 3.05) is 19.8 Å². The molecule has 8 heteroatoms. The predicted molar refractivity (Wildman–Crippen MR) is 89.7 cm³/mol. The Bertz CT molecular complexity index is 450. The van der Waals surface area contributed by atoms with Gasteiger partial charge in [0.1, 0.15) is 13.2 Å². The van der Waals surface area contributed by atoms with Crippen molar-refractivity contribution in [3.8, 4) is 0 Å². The van der Waals surface area contributed by atoms with Gasteiger partial charge < -0.3 is 14.2 Å². The van der Waals surface area contributed by atoms with Crippen LogP contribution >= 0.6 is 8.03 Å². The maximum atomic E-state index is 11.5. The first-order chi connectivity index (χ1) is 11.2. The zero-order chi connectivity index (χ0) is 18.6. The molecule has 0 aromatic heterocycles. The minimum atomic E-state index is -2.39. The molecule has 0 aliphatic carbocycles. The first kappa shape index (κ1) is 22.7. The minimum absolute atomic E-state index is 0.0141. The quantitative estimate of drug-likeness (QED) is 0.232. The van der Waals surface area contributed by atoms with Gasteiger partial charge in [-0.1, -0.05) is 19.9 Å². The number of carbonyl (C=O) groups is 2. The van der Waals surface area contributed by atoms with Crippen LogP contribution in [0, 0.1) is 0 Å². The van der Waals surface area contributed by atoms with Crippen LogP contribution < -0.4 is 0 Å². The summed E-state index contributed by atoms with van der Waals surface area (Å²) >= 11 is 0. The van der Waals surface area contributed by atoms with Gasteiger partial charge in [-0.2, -0.15) is 4.89 Å². The average molecular weight is 363 g/mol. The second-order valence-corrected chi connectivity index (χ2v) is 7.09. The van der Waals surface area contributed by atoms with Crippen molar-refractivity contribution in [3.63, 3.8) is 0 Å². The summed E-state index contributed by atoms with van der Waals surface area (Å²) in [6, 6.07) is 0. The Morgan fingerprint density at radius 2 is 1.75 bits per heavy atom. The molecule has 7 nitrogen and oxygen atoms in total. The molecule has 0 aromatic rings. The molecule has 0 saturated carbocycles. The van der Waals surface area contributed by atoms with Gasteiger partial charge in [0, 0.05) is 25.3 Å². The topological polar surface area (TPSA) is 99.1 Å². The average Bonchev–Trinajstić information content (AvgIpc) is 2.53. The Labute approximate surface area is 144 Å². The zero-order valence-electron chi connectivity index (χ0n) is 14.7. The van der Waals surface area contributed by atoms with Crippen LogP contribution in [0.3, 0.4) is 0 Å². The molecule has 0 amide bonds. The van der Waals surface area contributed by atoms with E-state index in [2.05, 4.69) is 6.58 Å². The van der Waals surface area contributed by atoms with E-state index in [-0.39, 0.29) is 25.6 Å². The van der Waals surface area contributed by atoms with Crippen molar-refractivity contribution in [3.05, 3.63) is 12.2 Å². The zero-order valence-corrected chi connectivity index (χ0v) is 15.6. The standard InChI is InChI=1S/C16H27O7P/c1-5-16(4,24(19)20)23-10-8-6-7-9-14(17)21-11-12-22-15(18)13(2)3/h2,5-12H2,1,3-4H3/p+1. The summed E-state index contributed by atoms with van der Waals surface area (Å²) in [5.41, 5.74) is 0.299. The fraction of sp³-hybridized carbons (Fsp3) is 0.750. The van der Waals surface area contributed by atoms with E-state index < -0.39 is 19.3 Å². The van der Waals surface area contributed by atoms with E-state index >= 15 is 0 Å². The summed E-state index contributed by atoms with van der Waals surface area (Å²) in [4.78, 5) is 31.8. The van der Waals surface area contributed by atoms with Crippen molar-refractivity contribution >= 4 is 20.0 Å². The summed E-state index contributed by atoms with van der Waals surface area (Å²) in [6.45, 7) is 8.81. The molecule has 0 heterocycles. The Balaban J connectivity index is 3.64. The van der Waals surface area contributed by atoms with Crippen LogP contribution in [0.15, 0.2) is 12.2 Å². The van der Waals surface area contributed by atoms with E-state index in [1.165, 1.54) is 0 Å². The van der Waals surface area contributed by atoms with E-state index in [1.54, 1.807) is 20.8 Å². The Morgan fingerprint density at radius 1 is 1.12 bits per heavy atom. The van der Waals surface area contributed by atoms with Crippen molar-refractivity contribution in [1.29, 1.82) is 0 Å². The summed E-state index contributed by atoms with van der Waals surface area (Å²) in [7, 11) is -2.39. The number of rotatable bonds is 13. The van der Waals surface area contributed by atoms with Gasteiger partial charge in [0.25, 0.3) is 5.34 Å². The second kappa shape index (κ2) is 12.1. The fourth-order valence-corrected chi connectivity index (χ4v) is 2.09. The smallest absolute Gasteiger partial charge is 0.462 e. The number of unbranched alkanes of at least 4 members (excludes halogenated alkanes) is 2. The van der Waals surface area contributed by atoms with Crippen LogP contribution in [0.2, 0.25) is 0 Å². The number of esters is 2. The Hall–Kier alpha value is -1.30. The maximum absolute atomic E-state index is 11.5. The molecule has 2 unspecified atom stereocenters. The van der Waals surface area contributed by atoms with E-state index in [0.717, 1.165) is 6.42 Å². The third kappa shape index (κ3) is 9.75. The number of hydrogen-bond donors (Lipinski definition) is 1. The van der Waals surface area contributed by atoms with Gasteiger partial charge in [0.05, 0.1) is 6.61 Å². The lowest BCUT2D eigenvalue weighted by molar-refractivity contribution is -0.150. The van der Waals surface area contributed by atoms with Gasteiger partial charge in [-0.15, -0.1) is 0 Å². The van der Waals surface area contributed by atoms with Crippen LogP contribution in [0.5, 0.6) is 0 Å². The lowest BCUT2D eigenvalue weighted by Gasteiger charge is -2.15. The van der Waals surface area contributed by atoms with E-state index in [9.17, 15) is 19.0 Å². The molecule has 0 fully saturated rings. The summed E-state index contributed by atoms with van der Waals surface area (Å²) in [6.07, 6.45) is 2.82. The van der Waals surface area contributed by atoms with Crippen molar-refractivity contribution < 1.29 is 33.3 Å². The normalized spacial score (nSPS) is 13.8. The van der Waals surface area contributed by atoms with Crippen molar-refractivity contribution in [2.45, 2.75) is 58.2 Å². The molecule has 0 rings (SSSR count). The summed E-state index contributed by atoms with van der Waals surface area (Å²) in [5, 5.41) is -1.00. The van der Waals surface area contributed by atoms with Crippen LogP contribution in [0.25, 0.3) is 0 Å². The van der Waals surface area contributed by atoms with Gasteiger partial charge in [-0.05, 0) is 24.3 Å². The lowest BCUT2D eigenvalue weighted by atomic mass is 10.2. The van der Waals surface area contributed by atoms with Gasteiger partial charge in [-0.3, -0.25) is 4.79 Å². The molecule has 0 saturated heterocycles. The minimum Gasteiger partial charge on any atom is -0.462 e. The van der Waals surface area contributed by atoms with Gasteiger partial charge in [0.2, 0.25) is 0 Å². The molecule has 0 aliphatic heterocycles. The molecular weight excluding hydrogens is 335 g/mol.